The van der Waals surface area contributed by atoms with Crippen molar-refractivity contribution in [3.8, 4) is 22.6 Å². The van der Waals surface area contributed by atoms with Gasteiger partial charge in [0.05, 0.1) is 11.3 Å². The Morgan fingerprint density at radius 2 is 1.62 bits per heavy atom. The van der Waals surface area contributed by atoms with E-state index in [0.717, 1.165) is 24.7 Å². The van der Waals surface area contributed by atoms with Crippen LogP contribution in [0.2, 0.25) is 0 Å². The molecule has 0 bridgehead atoms. The summed E-state index contributed by atoms with van der Waals surface area (Å²) in [5.41, 5.74) is -0.830. The van der Waals surface area contributed by atoms with Gasteiger partial charge in [-0.15, -0.1) is 5.10 Å². The van der Waals surface area contributed by atoms with Crippen molar-refractivity contribution in [1.82, 2.24) is 25.1 Å². The average Bonchev–Trinajstić information content (AvgIpc) is 3.52. The highest BCUT2D eigenvalue weighted by atomic mass is 19.4. The smallest absolute Gasteiger partial charge is 0.307 e. The fourth-order valence-corrected chi connectivity index (χ4v) is 3.35. The molecule has 2 aromatic carbocycles. The van der Waals surface area contributed by atoms with Crippen LogP contribution in [0.25, 0.3) is 22.6 Å². The van der Waals surface area contributed by atoms with E-state index in [1.807, 2.05) is 0 Å². The molecule has 5 rings (SSSR count). The third-order valence-electron chi connectivity index (χ3n) is 5.06. The predicted molar refractivity (Wildman–Crippen MR) is 110 cm³/mol. The van der Waals surface area contributed by atoms with Crippen molar-refractivity contribution in [1.29, 1.82) is 0 Å². The molecule has 0 unspecified atom stereocenters. The zero-order chi connectivity index (χ0) is 22.3. The summed E-state index contributed by atoms with van der Waals surface area (Å²) in [6.45, 7) is 0. The Kier molecular flexibility index (Phi) is 4.84. The Hall–Kier alpha value is -3.82. The number of H-pyrrole nitrogens is 1. The molecule has 2 N–H and O–H groups in total. The molecule has 0 radical (unpaired) electrons. The molecule has 162 valence electrons. The highest BCUT2D eigenvalue weighted by Gasteiger charge is 2.34. The first-order valence-electron chi connectivity index (χ1n) is 9.88. The van der Waals surface area contributed by atoms with Crippen molar-refractivity contribution in [2.24, 2.45) is 0 Å². The summed E-state index contributed by atoms with van der Waals surface area (Å²) in [5.74, 6) is 0.692. The van der Waals surface area contributed by atoms with Gasteiger partial charge in [0.1, 0.15) is 17.5 Å². The number of nitrogens with zero attached hydrogens (tertiary/aromatic N) is 4. The number of hydrogen-bond donors (Lipinski definition) is 2. The molecule has 0 atom stereocenters. The van der Waals surface area contributed by atoms with Crippen molar-refractivity contribution in [2.75, 3.05) is 5.32 Å². The largest absolute Gasteiger partial charge is 0.417 e. The van der Waals surface area contributed by atoms with Gasteiger partial charge >= 0.3 is 6.18 Å². The monoisotopic (exact) mass is 440 g/mol. The molecular weight excluding hydrogens is 424 g/mol. The molecule has 10 heteroatoms. The van der Waals surface area contributed by atoms with Gasteiger partial charge in [0.2, 0.25) is 5.95 Å². The van der Waals surface area contributed by atoms with E-state index in [-0.39, 0.29) is 34.4 Å². The van der Waals surface area contributed by atoms with Crippen LogP contribution in [0, 0.1) is 5.82 Å². The van der Waals surface area contributed by atoms with Crippen LogP contribution < -0.4 is 5.32 Å². The molecule has 1 saturated carbocycles. The van der Waals surface area contributed by atoms with Gasteiger partial charge in [-0.2, -0.15) is 18.2 Å². The van der Waals surface area contributed by atoms with Crippen molar-refractivity contribution >= 4 is 11.8 Å². The fraction of sp³-hybridized carbons (Fsp3) is 0.182. The van der Waals surface area contributed by atoms with Gasteiger partial charge in [0.25, 0.3) is 0 Å². The minimum Gasteiger partial charge on any atom is -0.307 e. The lowest BCUT2D eigenvalue weighted by Crippen LogP contribution is -2.09. The second-order valence-corrected chi connectivity index (χ2v) is 7.43. The lowest BCUT2D eigenvalue weighted by atomic mass is 10.1. The summed E-state index contributed by atoms with van der Waals surface area (Å²) in [6, 6.07) is 12.3. The summed E-state index contributed by atoms with van der Waals surface area (Å²) in [5, 5.41) is 9.83. The Labute approximate surface area is 179 Å². The van der Waals surface area contributed by atoms with Crippen molar-refractivity contribution in [3.63, 3.8) is 0 Å². The SMILES string of the molecule is Fc1ccccc1-c1cc(Nc2n[nH]c(C3CC3)n2)nc(-c2ccccc2C(F)(F)F)n1. The van der Waals surface area contributed by atoms with E-state index in [9.17, 15) is 17.6 Å². The van der Waals surface area contributed by atoms with Gasteiger partial charge in [0.15, 0.2) is 5.82 Å². The van der Waals surface area contributed by atoms with E-state index in [2.05, 4.69) is 30.5 Å². The first-order chi connectivity index (χ1) is 15.4. The summed E-state index contributed by atoms with van der Waals surface area (Å²) >= 11 is 0. The number of aromatic nitrogens is 5. The molecule has 32 heavy (non-hydrogen) atoms. The molecule has 1 fully saturated rings. The molecule has 1 aliphatic carbocycles. The Morgan fingerprint density at radius 3 is 2.34 bits per heavy atom. The van der Waals surface area contributed by atoms with E-state index < -0.39 is 17.6 Å². The standard InChI is InChI=1S/C22H16F4N6/c23-16-8-4-2-6-14(16)17-11-18(29-21-30-19(31-32-21)12-9-10-12)28-20(27-17)13-5-1-3-7-15(13)22(24,25)26/h1-8,11-12H,9-10H2,(H2,27,28,29,30,31,32). The van der Waals surface area contributed by atoms with Crippen molar-refractivity contribution in [3.05, 3.63) is 71.8 Å². The number of aromatic amines is 1. The first kappa shape index (κ1) is 20.1. The van der Waals surface area contributed by atoms with Crippen LogP contribution >= 0.6 is 0 Å². The number of rotatable bonds is 5. The normalized spacial score (nSPS) is 13.9. The lowest BCUT2D eigenvalue weighted by molar-refractivity contribution is -0.137. The average molecular weight is 440 g/mol. The molecule has 0 aliphatic heterocycles. The maximum absolute atomic E-state index is 14.4. The molecule has 2 aromatic heterocycles. The highest BCUT2D eigenvalue weighted by Crippen LogP contribution is 2.39. The van der Waals surface area contributed by atoms with E-state index in [0.29, 0.717) is 5.92 Å². The fourth-order valence-electron chi connectivity index (χ4n) is 3.35. The van der Waals surface area contributed by atoms with Crippen LogP contribution in [-0.4, -0.2) is 25.1 Å². The van der Waals surface area contributed by atoms with Gasteiger partial charge < -0.3 is 5.32 Å². The van der Waals surface area contributed by atoms with Crippen LogP contribution in [0.15, 0.2) is 54.6 Å². The summed E-state index contributed by atoms with van der Waals surface area (Å²) in [7, 11) is 0. The van der Waals surface area contributed by atoms with E-state index in [1.54, 1.807) is 6.07 Å². The zero-order valence-corrected chi connectivity index (χ0v) is 16.5. The Morgan fingerprint density at radius 1 is 0.906 bits per heavy atom. The number of benzene rings is 2. The molecule has 1 aliphatic rings. The summed E-state index contributed by atoms with van der Waals surface area (Å²) in [4.78, 5) is 12.9. The number of hydrogen-bond acceptors (Lipinski definition) is 5. The number of nitrogens with one attached hydrogen (secondary N) is 2. The molecule has 0 amide bonds. The lowest BCUT2D eigenvalue weighted by Gasteiger charge is -2.14. The van der Waals surface area contributed by atoms with Crippen LogP contribution in [0.1, 0.15) is 30.1 Å². The minimum absolute atomic E-state index is 0.130. The van der Waals surface area contributed by atoms with Crippen LogP contribution in [0.4, 0.5) is 29.3 Å². The van der Waals surface area contributed by atoms with E-state index in [4.69, 9.17) is 0 Å². The molecule has 4 aromatic rings. The minimum atomic E-state index is -4.61. The molecular formula is C22H16F4N6. The molecule has 0 spiro atoms. The first-order valence-corrected chi connectivity index (χ1v) is 9.88. The second-order valence-electron chi connectivity index (χ2n) is 7.43. The Balaban J connectivity index is 1.62. The maximum Gasteiger partial charge on any atom is 0.417 e. The van der Waals surface area contributed by atoms with Gasteiger partial charge in [-0.25, -0.2) is 14.4 Å². The summed E-state index contributed by atoms with van der Waals surface area (Å²) in [6.07, 6.45) is -2.56. The summed E-state index contributed by atoms with van der Waals surface area (Å²) < 4.78 is 55.2. The van der Waals surface area contributed by atoms with Crippen LogP contribution in [0.3, 0.4) is 0 Å². The Bertz CT molecular complexity index is 1280. The van der Waals surface area contributed by atoms with Crippen LogP contribution in [0.5, 0.6) is 0 Å². The third-order valence-corrected chi connectivity index (χ3v) is 5.06. The van der Waals surface area contributed by atoms with E-state index in [1.165, 1.54) is 42.5 Å². The molecule has 2 heterocycles. The number of halogens is 4. The van der Waals surface area contributed by atoms with Gasteiger partial charge in [0, 0.05) is 23.1 Å². The predicted octanol–water partition coefficient (Wildman–Crippen LogP) is 5.71. The molecule has 6 nitrogen and oxygen atoms in total. The van der Waals surface area contributed by atoms with E-state index >= 15 is 0 Å². The van der Waals surface area contributed by atoms with Gasteiger partial charge in [-0.1, -0.05) is 30.3 Å². The highest BCUT2D eigenvalue weighted by molar-refractivity contribution is 5.70. The third kappa shape index (κ3) is 4.03. The zero-order valence-electron chi connectivity index (χ0n) is 16.5. The maximum atomic E-state index is 14.4. The van der Waals surface area contributed by atoms with Crippen LogP contribution in [-0.2, 0) is 6.18 Å². The van der Waals surface area contributed by atoms with Gasteiger partial charge in [-0.05, 0) is 31.0 Å². The van der Waals surface area contributed by atoms with Gasteiger partial charge in [-0.3, -0.25) is 5.10 Å². The number of anilines is 2. The van der Waals surface area contributed by atoms with Crippen molar-refractivity contribution in [2.45, 2.75) is 24.9 Å². The second kappa shape index (κ2) is 7.70. The topological polar surface area (TPSA) is 79.4 Å². The van der Waals surface area contributed by atoms with Crippen molar-refractivity contribution < 1.29 is 17.6 Å². The number of alkyl halides is 3. The molecule has 0 saturated heterocycles. The quantitative estimate of drug-likeness (QED) is 0.389.